The molecule has 1 saturated heterocycles. The number of aromatic nitrogens is 3. The predicted octanol–water partition coefficient (Wildman–Crippen LogP) is 2.57. The van der Waals surface area contributed by atoms with E-state index in [1.54, 1.807) is 18.9 Å². The molecule has 0 radical (unpaired) electrons. The zero-order valence-electron chi connectivity index (χ0n) is 15.2. The molecule has 2 aromatic rings. The second-order valence-electron chi connectivity index (χ2n) is 6.20. The first-order valence-electron chi connectivity index (χ1n) is 8.87. The van der Waals surface area contributed by atoms with Crippen molar-refractivity contribution in [2.75, 3.05) is 33.0 Å². The zero-order chi connectivity index (χ0) is 17.6. The summed E-state index contributed by atoms with van der Waals surface area (Å²) in [6.45, 7) is 5.26. The molecule has 25 heavy (non-hydrogen) atoms. The van der Waals surface area contributed by atoms with Crippen molar-refractivity contribution in [3.8, 4) is 11.4 Å². The summed E-state index contributed by atoms with van der Waals surface area (Å²) < 4.78 is 7.51. The van der Waals surface area contributed by atoms with E-state index in [0.717, 1.165) is 34.7 Å². The third-order valence-corrected chi connectivity index (χ3v) is 5.73. The molecule has 1 aromatic carbocycles. The Hall–Kier alpha value is -1.57. The van der Waals surface area contributed by atoms with E-state index in [-0.39, 0.29) is 0 Å². The summed E-state index contributed by atoms with van der Waals surface area (Å²) in [5.74, 6) is 2.80. The predicted molar refractivity (Wildman–Crippen MR) is 102 cm³/mol. The molecule has 0 amide bonds. The number of ether oxygens (including phenoxy) is 1. The number of rotatable bonds is 8. The number of nitrogens with zero attached hydrogens (tertiary/aromatic N) is 4. The van der Waals surface area contributed by atoms with Gasteiger partial charge in [-0.1, -0.05) is 24.8 Å². The van der Waals surface area contributed by atoms with Gasteiger partial charge in [-0.25, -0.2) is 0 Å². The molecule has 0 saturated carbocycles. The van der Waals surface area contributed by atoms with Crippen LogP contribution in [0, 0.1) is 0 Å². The molecule has 0 unspecified atom stereocenters. The summed E-state index contributed by atoms with van der Waals surface area (Å²) in [7, 11) is 3.62. The maximum Gasteiger partial charge on any atom is 0.195 e. The summed E-state index contributed by atoms with van der Waals surface area (Å²) in [5, 5.41) is 13.0. The van der Waals surface area contributed by atoms with Crippen molar-refractivity contribution in [3.05, 3.63) is 30.1 Å². The first-order valence-corrected chi connectivity index (χ1v) is 9.85. The normalized spacial score (nSPS) is 18.0. The lowest BCUT2D eigenvalue weighted by molar-refractivity contribution is 0.287. The Bertz CT molecular complexity index is 690. The standard InChI is InChI=1S/C18H27N5OS/c1-4-22-10-6-8-15(22)13-25-18-21-20-17(12-19-2)23(18)14-7-5-9-16(11-14)24-3/h5,7,9,11,15,19H,4,6,8,10,12-13H2,1-3H3/t15-/m1/s1. The Balaban J connectivity index is 1.84. The minimum atomic E-state index is 0.637. The lowest BCUT2D eigenvalue weighted by Crippen LogP contribution is -2.31. The Labute approximate surface area is 154 Å². The molecule has 0 spiro atoms. The molecule has 3 rings (SSSR count). The van der Waals surface area contributed by atoms with Gasteiger partial charge in [0.15, 0.2) is 11.0 Å². The Morgan fingerprint density at radius 3 is 3.00 bits per heavy atom. The average molecular weight is 362 g/mol. The van der Waals surface area contributed by atoms with Crippen LogP contribution in [0.25, 0.3) is 5.69 Å². The van der Waals surface area contributed by atoms with E-state index < -0.39 is 0 Å². The van der Waals surface area contributed by atoms with Crippen LogP contribution < -0.4 is 10.1 Å². The largest absolute Gasteiger partial charge is 0.497 e. The highest BCUT2D eigenvalue weighted by Crippen LogP contribution is 2.28. The van der Waals surface area contributed by atoms with E-state index in [1.165, 1.54) is 19.4 Å². The molecule has 1 aliphatic heterocycles. The van der Waals surface area contributed by atoms with E-state index in [1.807, 2.05) is 25.2 Å². The number of nitrogens with one attached hydrogen (secondary N) is 1. The van der Waals surface area contributed by atoms with Gasteiger partial charge in [-0.3, -0.25) is 9.47 Å². The van der Waals surface area contributed by atoms with Crippen LogP contribution >= 0.6 is 11.8 Å². The topological polar surface area (TPSA) is 55.2 Å². The number of likely N-dealkylation sites (tertiary alicyclic amines) is 1. The number of methoxy groups -OCH3 is 1. The van der Waals surface area contributed by atoms with Crippen LogP contribution in [-0.4, -0.2) is 58.7 Å². The smallest absolute Gasteiger partial charge is 0.195 e. The van der Waals surface area contributed by atoms with E-state index in [2.05, 4.69) is 38.0 Å². The Morgan fingerprint density at radius 1 is 1.36 bits per heavy atom. The zero-order valence-corrected chi connectivity index (χ0v) is 16.1. The molecule has 0 bridgehead atoms. The fraction of sp³-hybridized carbons (Fsp3) is 0.556. The van der Waals surface area contributed by atoms with Crippen molar-refractivity contribution >= 4 is 11.8 Å². The van der Waals surface area contributed by atoms with E-state index >= 15 is 0 Å². The number of hydrogen-bond acceptors (Lipinski definition) is 6. The summed E-state index contributed by atoms with van der Waals surface area (Å²) in [6.07, 6.45) is 2.57. The number of benzene rings is 1. The van der Waals surface area contributed by atoms with Gasteiger partial charge in [0.25, 0.3) is 0 Å². The van der Waals surface area contributed by atoms with Crippen molar-refractivity contribution in [2.24, 2.45) is 0 Å². The molecule has 1 N–H and O–H groups in total. The molecule has 136 valence electrons. The van der Waals surface area contributed by atoms with Gasteiger partial charge in [0, 0.05) is 17.9 Å². The van der Waals surface area contributed by atoms with Crippen molar-refractivity contribution < 1.29 is 4.74 Å². The third kappa shape index (κ3) is 4.16. The van der Waals surface area contributed by atoms with Gasteiger partial charge in [0.1, 0.15) is 5.75 Å². The molecule has 1 aromatic heterocycles. The molecule has 0 aliphatic carbocycles. The molecule has 2 heterocycles. The third-order valence-electron chi connectivity index (χ3n) is 4.66. The van der Waals surface area contributed by atoms with Gasteiger partial charge >= 0.3 is 0 Å². The second-order valence-corrected chi connectivity index (χ2v) is 7.19. The van der Waals surface area contributed by atoms with Gasteiger partial charge in [-0.2, -0.15) is 0 Å². The first-order chi connectivity index (χ1) is 12.3. The summed E-state index contributed by atoms with van der Waals surface area (Å²) in [5.41, 5.74) is 1.04. The average Bonchev–Trinajstić information content (AvgIpc) is 3.26. The van der Waals surface area contributed by atoms with Crippen molar-refractivity contribution in [2.45, 2.75) is 37.5 Å². The van der Waals surface area contributed by atoms with Crippen LogP contribution in [-0.2, 0) is 6.54 Å². The number of thioether (sulfide) groups is 1. The maximum absolute atomic E-state index is 5.38. The van der Waals surface area contributed by atoms with Gasteiger partial charge < -0.3 is 10.1 Å². The second kappa shape index (κ2) is 8.69. The maximum atomic E-state index is 5.38. The molecular formula is C18H27N5OS. The van der Waals surface area contributed by atoms with Gasteiger partial charge in [-0.05, 0) is 45.1 Å². The number of hydrogen-bond donors (Lipinski definition) is 1. The van der Waals surface area contributed by atoms with Crippen LogP contribution in [0.15, 0.2) is 29.4 Å². The lowest BCUT2D eigenvalue weighted by Gasteiger charge is -2.22. The monoisotopic (exact) mass is 361 g/mol. The molecule has 1 fully saturated rings. The van der Waals surface area contributed by atoms with Gasteiger partial charge in [-0.15, -0.1) is 10.2 Å². The highest BCUT2D eigenvalue weighted by molar-refractivity contribution is 7.99. The fourth-order valence-electron chi connectivity index (χ4n) is 3.35. The molecule has 1 aliphatic rings. The Morgan fingerprint density at radius 2 is 2.24 bits per heavy atom. The van der Waals surface area contributed by atoms with E-state index in [4.69, 9.17) is 4.74 Å². The van der Waals surface area contributed by atoms with Crippen LogP contribution in [0.4, 0.5) is 0 Å². The minimum absolute atomic E-state index is 0.637. The van der Waals surface area contributed by atoms with Crippen molar-refractivity contribution in [1.29, 1.82) is 0 Å². The van der Waals surface area contributed by atoms with Crippen molar-refractivity contribution in [3.63, 3.8) is 0 Å². The highest BCUT2D eigenvalue weighted by Gasteiger charge is 2.24. The molecule has 7 heteroatoms. The highest BCUT2D eigenvalue weighted by atomic mass is 32.2. The van der Waals surface area contributed by atoms with Crippen LogP contribution in [0.1, 0.15) is 25.6 Å². The van der Waals surface area contributed by atoms with E-state index in [0.29, 0.717) is 12.6 Å². The SMILES string of the molecule is CCN1CCC[C@@H]1CSc1nnc(CNC)n1-c1cccc(OC)c1. The lowest BCUT2D eigenvalue weighted by atomic mass is 10.2. The first kappa shape index (κ1) is 18.2. The van der Waals surface area contributed by atoms with Crippen LogP contribution in [0.3, 0.4) is 0 Å². The molecular weight excluding hydrogens is 334 g/mol. The van der Waals surface area contributed by atoms with Gasteiger partial charge in [0.05, 0.1) is 19.3 Å². The van der Waals surface area contributed by atoms with Crippen LogP contribution in [0.2, 0.25) is 0 Å². The fourth-order valence-corrected chi connectivity index (χ4v) is 4.50. The summed E-state index contributed by atoms with van der Waals surface area (Å²) in [6, 6.07) is 8.69. The quantitative estimate of drug-likeness (QED) is 0.730. The van der Waals surface area contributed by atoms with Gasteiger partial charge in [0.2, 0.25) is 0 Å². The summed E-state index contributed by atoms with van der Waals surface area (Å²) in [4.78, 5) is 2.56. The van der Waals surface area contributed by atoms with E-state index in [9.17, 15) is 0 Å². The Kier molecular flexibility index (Phi) is 6.34. The van der Waals surface area contributed by atoms with Crippen molar-refractivity contribution in [1.82, 2.24) is 25.0 Å². The summed E-state index contributed by atoms with van der Waals surface area (Å²) >= 11 is 1.80. The minimum Gasteiger partial charge on any atom is -0.497 e. The molecule has 6 nitrogen and oxygen atoms in total. The molecule has 1 atom stereocenters. The van der Waals surface area contributed by atoms with Crippen LogP contribution in [0.5, 0.6) is 5.75 Å².